The molecule has 1 aliphatic carbocycles. The number of halogens is 4. The predicted octanol–water partition coefficient (Wildman–Crippen LogP) is 6.82. The summed E-state index contributed by atoms with van der Waals surface area (Å²) in [7, 11) is 0. The number of carbonyl (C=O) groups is 1. The number of aromatic carboxylic acids is 1. The van der Waals surface area contributed by atoms with Crippen LogP contribution in [0, 0.1) is 12.8 Å². The number of rotatable bonds is 7. The minimum atomic E-state index is -4.45. The summed E-state index contributed by atoms with van der Waals surface area (Å²) in [5.74, 6) is -0.485. The van der Waals surface area contributed by atoms with Gasteiger partial charge >= 0.3 is 12.1 Å². The fourth-order valence-corrected chi connectivity index (χ4v) is 4.85. The van der Waals surface area contributed by atoms with E-state index in [1.165, 1.54) is 12.1 Å². The Morgan fingerprint density at radius 1 is 1.16 bits per heavy atom. The Bertz CT molecular complexity index is 1510. The smallest absolute Gasteiger partial charge is 0.416 e. The molecule has 1 saturated carbocycles. The van der Waals surface area contributed by atoms with Crippen molar-refractivity contribution < 1.29 is 23.1 Å². The number of hydrogen-bond acceptors (Lipinski definition) is 5. The maximum atomic E-state index is 13.1. The summed E-state index contributed by atoms with van der Waals surface area (Å²) >= 11 is 6.30. The first kappa shape index (κ1) is 26.0. The van der Waals surface area contributed by atoms with E-state index in [4.69, 9.17) is 16.6 Å². The van der Waals surface area contributed by atoms with Gasteiger partial charge < -0.3 is 15.0 Å². The van der Waals surface area contributed by atoms with Crippen LogP contribution in [-0.4, -0.2) is 36.6 Å². The van der Waals surface area contributed by atoms with E-state index in [1.807, 2.05) is 19.9 Å². The van der Waals surface area contributed by atoms with Gasteiger partial charge in [0, 0.05) is 23.2 Å². The lowest BCUT2D eigenvalue weighted by Crippen LogP contribution is -2.31. The Hall–Kier alpha value is -3.66. The largest absolute Gasteiger partial charge is 0.475 e. The van der Waals surface area contributed by atoms with Gasteiger partial charge in [-0.1, -0.05) is 36.2 Å². The fourth-order valence-electron chi connectivity index (χ4n) is 4.68. The van der Waals surface area contributed by atoms with Gasteiger partial charge in [-0.15, -0.1) is 0 Å². The zero-order valence-corrected chi connectivity index (χ0v) is 21.4. The number of anilines is 1. The zero-order valence-electron chi connectivity index (χ0n) is 20.7. The summed E-state index contributed by atoms with van der Waals surface area (Å²) in [5.41, 5.74) is 2.05. The molecule has 2 N–H and O–H groups in total. The van der Waals surface area contributed by atoms with Crippen LogP contribution in [0.1, 0.15) is 53.5 Å². The molecule has 0 bridgehead atoms. The molecule has 1 fully saturated rings. The van der Waals surface area contributed by atoms with Crippen molar-refractivity contribution in [2.24, 2.45) is 5.92 Å². The summed E-state index contributed by atoms with van der Waals surface area (Å²) in [6.07, 6.45) is -1.18. The second-order valence-corrected chi connectivity index (χ2v) is 10.1. The quantitative estimate of drug-likeness (QED) is 0.266. The molecule has 0 radical (unpaired) electrons. The summed E-state index contributed by atoms with van der Waals surface area (Å²) in [4.78, 5) is 25.1. The van der Waals surface area contributed by atoms with Crippen molar-refractivity contribution in [2.45, 2.75) is 51.9 Å². The SMILES string of the molecule is Cc1ccc(Cl)cc1-c1nc2nc(C(=O)O)nc(N[C@H](C)C3CCC3)c2n1Cc1ccc(C(F)(F)F)cc1. The molecule has 0 unspecified atom stereocenters. The van der Waals surface area contributed by atoms with E-state index in [0.29, 0.717) is 39.2 Å². The Morgan fingerprint density at radius 2 is 1.87 bits per heavy atom. The number of fused-ring (bicyclic) bond motifs is 1. The van der Waals surface area contributed by atoms with Crippen molar-refractivity contribution >= 4 is 34.6 Å². The van der Waals surface area contributed by atoms with Crippen molar-refractivity contribution in [1.29, 1.82) is 0 Å². The number of aryl methyl sites for hydroxylation is 1. The van der Waals surface area contributed by atoms with Gasteiger partial charge in [0.1, 0.15) is 11.3 Å². The molecule has 0 spiro atoms. The number of carboxylic acid groups (broad SMARTS) is 1. The molecule has 198 valence electrons. The molecule has 0 saturated heterocycles. The number of hydrogen-bond donors (Lipinski definition) is 2. The summed E-state index contributed by atoms with van der Waals surface area (Å²) < 4.78 is 41.3. The zero-order chi connectivity index (χ0) is 27.2. The summed E-state index contributed by atoms with van der Waals surface area (Å²) in [5, 5.41) is 13.5. The second kappa shape index (κ2) is 9.90. The van der Waals surface area contributed by atoms with Crippen LogP contribution in [0.5, 0.6) is 0 Å². The molecular formula is C27H25ClF3N5O2. The van der Waals surface area contributed by atoms with Crippen LogP contribution in [-0.2, 0) is 12.7 Å². The monoisotopic (exact) mass is 543 g/mol. The van der Waals surface area contributed by atoms with E-state index in [0.717, 1.165) is 37.0 Å². The maximum absolute atomic E-state index is 13.1. The molecule has 5 rings (SSSR count). The third-order valence-electron chi connectivity index (χ3n) is 7.08. The van der Waals surface area contributed by atoms with Gasteiger partial charge in [0.05, 0.1) is 5.56 Å². The first-order valence-corrected chi connectivity index (χ1v) is 12.6. The molecule has 1 atom stereocenters. The first-order valence-electron chi connectivity index (χ1n) is 12.2. The minimum Gasteiger partial charge on any atom is -0.475 e. The lowest BCUT2D eigenvalue weighted by Gasteiger charge is -2.32. The van der Waals surface area contributed by atoms with Crippen LogP contribution in [0.4, 0.5) is 19.0 Å². The van der Waals surface area contributed by atoms with Crippen LogP contribution in [0.3, 0.4) is 0 Å². The number of benzene rings is 2. The molecule has 2 aromatic heterocycles. The highest BCUT2D eigenvalue weighted by molar-refractivity contribution is 6.30. The Balaban J connectivity index is 1.71. The number of carboxylic acids is 1. The van der Waals surface area contributed by atoms with Gasteiger partial charge in [-0.25, -0.2) is 19.7 Å². The van der Waals surface area contributed by atoms with E-state index < -0.39 is 23.5 Å². The molecule has 38 heavy (non-hydrogen) atoms. The van der Waals surface area contributed by atoms with Gasteiger partial charge in [0.15, 0.2) is 11.5 Å². The Kier molecular flexibility index (Phi) is 6.77. The van der Waals surface area contributed by atoms with E-state index in [9.17, 15) is 23.1 Å². The van der Waals surface area contributed by atoms with Crippen LogP contribution in [0.25, 0.3) is 22.6 Å². The molecule has 0 aliphatic heterocycles. The number of alkyl halides is 3. The van der Waals surface area contributed by atoms with E-state index >= 15 is 0 Å². The molecule has 0 amide bonds. The third kappa shape index (κ3) is 5.05. The molecular weight excluding hydrogens is 519 g/mol. The number of nitrogens with one attached hydrogen (secondary N) is 1. The maximum Gasteiger partial charge on any atom is 0.416 e. The number of nitrogens with zero attached hydrogens (tertiary/aromatic N) is 4. The molecule has 2 aromatic carbocycles. The highest BCUT2D eigenvalue weighted by atomic mass is 35.5. The normalized spacial score (nSPS) is 14.9. The van der Waals surface area contributed by atoms with Crippen molar-refractivity contribution in [1.82, 2.24) is 19.5 Å². The van der Waals surface area contributed by atoms with Crippen LogP contribution in [0.15, 0.2) is 42.5 Å². The van der Waals surface area contributed by atoms with Gasteiger partial charge in [-0.2, -0.15) is 13.2 Å². The predicted molar refractivity (Wildman–Crippen MR) is 138 cm³/mol. The summed E-state index contributed by atoms with van der Waals surface area (Å²) in [6.45, 7) is 4.06. The standard InChI is InChI=1S/C27H25ClF3N5O2/c1-14-6-11-19(28)12-20(14)25-35-23-21(36(25)13-16-7-9-18(10-8-16)27(29,30)31)22(33-24(34-23)26(37)38)32-15(2)17-4-3-5-17/h6-12,15,17H,3-5,13H2,1-2H3,(H,37,38)(H,32,33,34)/t15-/m1/s1. The van der Waals surface area contributed by atoms with Gasteiger partial charge in [-0.3, -0.25) is 0 Å². The summed E-state index contributed by atoms with van der Waals surface area (Å²) in [6, 6.07) is 10.3. The molecule has 4 aromatic rings. The Morgan fingerprint density at radius 3 is 2.47 bits per heavy atom. The van der Waals surface area contributed by atoms with Crippen molar-refractivity contribution in [3.63, 3.8) is 0 Å². The Labute approximate surface area is 221 Å². The topological polar surface area (TPSA) is 92.9 Å². The van der Waals surface area contributed by atoms with Crippen LogP contribution >= 0.6 is 11.6 Å². The lowest BCUT2D eigenvalue weighted by molar-refractivity contribution is -0.137. The highest BCUT2D eigenvalue weighted by Gasteiger charge is 2.30. The lowest BCUT2D eigenvalue weighted by atomic mass is 9.80. The van der Waals surface area contributed by atoms with Crippen LogP contribution in [0.2, 0.25) is 5.02 Å². The van der Waals surface area contributed by atoms with Crippen molar-refractivity contribution in [3.05, 3.63) is 70.0 Å². The second-order valence-electron chi connectivity index (χ2n) is 9.67. The first-order chi connectivity index (χ1) is 18.0. The molecule has 2 heterocycles. The highest BCUT2D eigenvalue weighted by Crippen LogP contribution is 2.35. The van der Waals surface area contributed by atoms with E-state index in [1.54, 1.807) is 16.7 Å². The van der Waals surface area contributed by atoms with Gasteiger partial charge in [0.25, 0.3) is 0 Å². The average Bonchev–Trinajstić information content (AvgIpc) is 3.17. The molecule has 11 heteroatoms. The number of aromatic nitrogens is 4. The van der Waals surface area contributed by atoms with Crippen LogP contribution < -0.4 is 5.32 Å². The fraction of sp³-hybridized carbons (Fsp3) is 0.333. The van der Waals surface area contributed by atoms with Crippen molar-refractivity contribution in [3.8, 4) is 11.4 Å². The minimum absolute atomic E-state index is 0.0225. The average molecular weight is 544 g/mol. The number of imidazole rings is 1. The van der Waals surface area contributed by atoms with Gasteiger partial charge in [-0.05, 0) is 68.0 Å². The molecule has 1 aliphatic rings. The van der Waals surface area contributed by atoms with Crippen molar-refractivity contribution in [2.75, 3.05) is 5.32 Å². The van der Waals surface area contributed by atoms with E-state index in [-0.39, 0.29) is 18.2 Å². The van der Waals surface area contributed by atoms with Gasteiger partial charge in [0.2, 0.25) is 5.82 Å². The molecule has 7 nitrogen and oxygen atoms in total. The third-order valence-corrected chi connectivity index (χ3v) is 7.31. The van der Waals surface area contributed by atoms with E-state index in [2.05, 4.69) is 15.3 Å².